The topological polar surface area (TPSA) is 42.4 Å². The Morgan fingerprint density at radius 2 is 1.03 bits per heavy atom. The average Bonchev–Trinajstić information content (AvgIpc) is 4.01. The summed E-state index contributed by atoms with van der Waals surface area (Å²) in [6, 6.07) is 68.5. The van der Waals surface area contributed by atoms with E-state index in [2.05, 4.69) is 163 Å². The van der Waals surface area contributed by atoms with Crippen molar-refractivity contribution >= 4 is 92.4 Å². The first-order valence-corrected chi connectivity index (χ1v) is 20.3. The maximum Gasteiger partial charge on any atom is 0.227 e. The Kier molecular flexibility index (Phi) is 7.37. The van der Waals surface area contributed by atoms with Gasteiger partial charge in [0, 0.05) is 58.8 Å². The molecule has 0 saturated heterocycles. The lowest BCUT2D eigenvalue weighted by atomic mass is 9.94. The minimum absolute atomic E-state index is 0.609. The van der Waals surface area contributed by atoms with Gasteiger partial charge < -0.3 is 13.7 Å². The van der Waals surface area contributed by atoms with Crippen LogP contribution in [0.2, 0.25) is 0 Å². The second-order valence-corrected chi connectivity index (χ2v) is 15.8. The molecule has 0 saturated carbocycles. The fraction of sp³-hybridized carbons (Fsp3) is 0. The van der Waals surface area contributed by atoms with Gasteiger partial charge in [-0.05, 0) is 88.8 Å². The molecule has 9 aromatic carbocycles. The minimum atomic E-state index is 0.609. The average molecular weight is 761 g/mol. The highest BCUT2D eigenvalue weighted by atomic mass is 32.1. The maximum absolute atomic E-state index is 7.12. The van der Waals surface area contributed by atoms with E-state index >= 15 is 0 Å². The monoisotopic (exact) mass is 760 g/mol. The number of fused-ring (bicyclic) bond motifs is 9. The van der Waals surface area contributed by atoms with Crippen LogP contribution in [-0.2, 0) is 0 Å². The summed E-state index contributed by atoms with van der Waals surface area (Å²) in [4.78, 5) is 7.41. The molecule has 4 nitrogen and oxygen atoms in total. The number of rotatable bonds is 6. The molecule has 0 radical (unpaired) electrons. The van der Waals surface area contributed by atoms with Crippen molar-refractivity contribution in [3.05, 3.63) is 194 Å². The Hall–Kier alpha value is -7.47. The van der Waals surface area contributed by atoms with Crippen LogP contribution in [0.4, 0.5) is 17.1 Å². The summed E-state index contributed by atoms with van der Waals surface area (Å²) in [7, 11) is 0. The molecule has 0 atom stereocenters. The molecule has 3 aromatic heterocycles. The first-order chi connectivity index (χ1) is 28.7. The predicted molar refractivity (Wildman–Crippen MR) is 243 cm³/mol. The van der Waals surface area contributed by atoms with Crippen molar-refractivity contribution in [2.24, 2.45) is 0 Å². The quantitative estimate of drug-likeness (QED) is 0.169. The number of furan rings is 1. The van der Waals surface area contributed by atoms with Gasteiger partial charge in [-0.15, -0.1) is 11.3 Å². The number of anilines is 3. The minimum Gasteiger partial charge on any atom is -0.453 e. The van der Waals surface area contributed by atoms with Gasteiger partial charge in [0.05, 0.1) is 5.69 Å². The SMILES string of the molecule is c1ccc(-c2ccc(N(c3ccc4sc5ccccc5c4c3)c3cccc4c3oc3c5ccccc5c(-c5cccc6oc(-c7ccccc7)nc56)cc43)cc2)cc1. The molecule has 3 heterocycles. The summed E-state index contributed by atoms with van der Waals surface area (Å²) in [5.41, 5.74) is 11.8. The number of aromatic nitrogens is 1. The van der Waals surface area contributed by atoms with Gasteiger partial charge in [-0.2, -0.15) is 0 Å². The Labute approximate surface area is 337 Å². The lowest BCUT2D eigenvalue weighted by Gasteiger charge is -2.26. The van der Waals surface area contributed by atoms with Crippen LogP contribution in [-0.4, -0.2) is 4.98 Å². The summed E-state index contributed by atoms with van der Waals surface area (Å²) in [5, 5.41) is 6.75. The Bertz CT molecular complexity index is 3510. The molecule has 0 N–H and O–H groups in total. The van der Waals surface area contributed by atoms with Crippen molar-refractivity contribution in [1.29, 1.82) is 0 Å². The first-order valence-electron chi connectivity index (χ1n) is 19.4. The third-order valence-electron chi connectivity index (χ3n) is 11.3. The number of thiophene rings is 1. The van der Waals surface area contributed by atoms with Crippen molar-refractivity contribution in [3.63, 3.8) is 0 Å². The van der Waals surface area contributed by atoms with Gasteiger partial charge in [-0.1, -0.05) is 127 Å². The zero-order chi connectivity index (χ0) is 38.2. The molecule has 58 heavy (non-hydrogen) atoms. The summed E-state index contributed by atoms with van der Waals surface area (Å²) >= 11 is 1.83. The number of benzene rings is 9. The van der Waals surface area contributed by atoms with E-state index in [0.717, 1.165) is 77.6 Å². The third kappa shape index (κ3) is 5.18. The molecule has 0 aliphatic carbocycles. The molecule has 0 aliphatic rings. The highest BCUT2D eigenvalue weighted by Gasteiger charge is 2.23. The fourth-order valence-corrected chi connectivity index (χ4v) is 9.67. The van der Waals surface area contributed by atoms with E-state index in [4.69, 9.17) is 13.8 Å². The first kappa shape index (κ1) is 32.7. The van der Waals surface area contributed by atoms with Crippen LogP contribution < -0.4 is 4.90 Å². The van der Waals surface area contributed by atoms with Crippen molar-refractivity contribution < 1.29 is 8.83 Å². The molecule has 12 rings (SSSR count). The normalized spacial score (nSPS) is 11.8. The molecule has 5 heteroatoms. The number of oxazole rings is 1. The lowest BCUT2D eigenvalue weighted by molar-refractivity contribution is 0.620. The molecule has 12 aromatic rings. The van der Waals surface area contributed by atoms with E-state index in [1.807, 2.05) is 47.7 Å². The van der Waals surface area contributed by atoms with Crippen LogP contribution in [0.5, 0.6) is 0 Å². The Morgan fingerprint density at radius 3 is 1.86 bits per heavy atom. The van der Waals surface area contributed by atoms with Gasteiger partial charge in [-0.3, -0.25) is 0 Å². The summed E-state index contributed by atoms with van der Waals surface area (Å²) < 4.78 is 16.0. The summed E-state index contributed by atoms with van der Waals surface area (Å²) in [6.45, 7) is 0. The van der Waals surface area contributed by atoms with Crippen LogP contribution in [0.3, 0.4) is 0 Å². The number of hydrogen-bond donors (Lipinski definition) is 0. The molecular formula is C53H32N2O2S. The van der Waals surface area contributed by atoms with E-state index in [9.17, 15) is 0 Å². The number of para-hydroxylation sites is 2. The zero-order valence-electron chi connectivity index (χ0n) is 31.1. The standard InChI is InChI=1S/C53H32N2O2S/c1-3-13-33(14-4-1)34-25-27-36(28-26-34)55(37-29-30-49-44(31-37)39-18-9-10-24-48(39)58-49)46-22-11-21-42-45-32-43(38-17-7-8-19-41(38)51(45)57-52(42)46)40-20-12-23-47-50(40)54-53(56-47)35-15-5-2-6-16-35/h1-32H. The van der Waals surface area contributed by atoms with Gasteiger partial charge >= 0.3 is 0 Å². The van der Waals surface area contributed by atoms with Crippen LogP contribution in [0.1, 0.15) is 0 Å². The molecule has 0 spiro atoms. The zero-order valence-corrected chi connectivity index (χ0v) is 31.9. The fourth-order valence-electron chi connectivity index (χ4n) is 8.59. The van der Waals surface area contributed by atoms with Crippen molar-refractivity contribution in [2.75, 3.05) is 4.90 Å². The van der Waals surface area contributed by atoms with Crippen LogP contribution in [0, 0.1) is 0 Å². The predicted octanol–water partition coefficient (Wildman–Crippen LogP) is 15.7. The van der Waals surface area contributed by atoms with Crippen LogP contribution in [0.15, 0.2) is 203 Å². The molecular weight excluding hydrogens is 729 g/mol. The van der Waals surface area contributed by atoms with E-state index in [-0.39, 0.29) is 0 Å². The maximum atomic E-state index is 7.12. The smallest absolute Gasteiger partial charge is 0.227 e. The van der Waals surface area contributed by atoms with Gasteiger partial charge in [0.25, 0.3) is 0 Å². The lowest BCUT2D eigenvalue weighted by Crippen LogP contribution is -2.10. The summed E-state index contributed by atoms with van der Waals surface area (Å²) in [6.07, 6.45) is 0. The van der Waals surface area contributed by atoms with Crippen molar-refractivity contribution in [3.8, 4) is 33.7 Å². The number of hydrogen-bond acceptors (Lipinski definition) is 5. The molecule has 0 amide bonds. The van der Waals surface area contributed by atoms with Crippen LogP contribution in [0.25, 0.3) is 97.7 Å². The van der Waals surface area contributed by atoms with Gasteiger partial charge in [0.15, 0.2) is 11.2 Å². The van der Waals surface area contributed by atoms with E-state index in [1.54, 1.807) is 0 Å². The van der Waals surface area contributed by atoms with Gasteiger partial charge in [0.2, 0.25) is 5.89 Å². The highest BCUT2D eigenvalue weighted by Crippen LogP contribution is 2.47. The Balaban J connectivity index is 1.09. The highest BCUT2D eigenvalue weighted by molar-refractivity contribution is 7.25. The van der Waals surface area contributed by atoms with E-state index < -0.39 is 0 Å². The van der Waals surface area contributed by atoms with E-state index in [0.29, 0.717) is 5.89 Å². The van der Waals surface area contributed by atoms with Gasteiger partial charge in [0.1, 0.15) is 11.1 Å². The van der Waals surface area contributed by atoms with Crippen molar-refractivity contribution in [2.45, 2.75) is 0 Å². The van der Waals surface area contributed by atoms with Gasteiger partial charge in [-0.25, -0.2) is 4.98 Å². The number of nitrogens with zero attached hydrogens (tertiary/aromatic N) is 2. The molecule has 0 fully saturated rings. The second-order valence-electron chi connectivity index (χ2n) is 14.7. The molecule has 272 valence electrons. The second kappa shape index (κ2) is 13.1. The van der Waals surface area contributed by atoms with Crippen molar-refractivity contribution in [1.82, 2.24) is 4.98 Å². The molecule has 0 bridgehead atoms. The molecule has 0 aliphatic heterocycles. The third-order valence-corrected chi connectivity index (χ3v) is 12.5. The van der Waals surface area contributed by atoms with E-state index in [1.165, 1.54) is 31.3 Å². The van der Waals surface area contributed by atoms with Crippen LogP contribution >= 0.6 is 11.3 Å². The Morgan fingerprint density at radius 1 is 0.397 bits per heavy atom. The molecule has 0 unspecified atom stereocenters. The largest absolute Gasteiger partial charge is 0.453 e. The summed E-state index contributed by atoms with van der Waals surface area (Å²) in [5.74, 6) is 0.609.